The predicted molar refractivity (Wildman–Crippen MR) is 97.7 cm³/mol. The number of fused-ring (bicyclic) bond motifs is 3. The van der Waals surface area contributed by atoms with Crippen LogP contribution in [0.5, 0.6) is 0 Å². The minimum atomic E-state index is 0.934. The summed E-state index contributed by atoms with van der Waals surface area (Å²) in [5, 5.41) is 2.33. The zero-order valence-electron chi connectivity index (χ0n) is 13.6. The van der Waals surface area contributed by atoms with Crippen molar-refractivity contribution in [1.29, 1.82) is 0 Å². The number of benzene rings is 3. The number of rotatable bonds is 2. The van der Waals surface area contributed by atoms with Gasteiger partial charge in [0.1, 0.15) is 5.58 Å². The molecule has 0 bridgehead atoms. The van der Waals surface area contributed by atoms with Crippen LogP contribution in [0.15, 0.2) is 65.1 Å². The van der Waals surface area contributed by atoms with E-state index in [-0.39, 0.29) is 0 Å². The third-order valence-corrected chi connectivity index (χ3v) is 4.46. The molecule has 0 saturated heterocycles. The van der Waals surface area contributed by atoms with Crippen LogP contribution in [-0.4, -0.2) is 7.05 Å². The molecule has 2 heteroatoms. The topological polar surface area (TPSA) is 16.4 Å². The first-order chi connectivity index (χ1) is 11.1. The first-order valence-electron chi connectivity index (χ1n) is 7.86. The van der Waals surface area contributed by atoms with Crippen LogP contribution in [0, 0.1) is 13.8 Å². The number of hydrogen-bond donors (Lipinski definition) is 0. The van der Waals surface area contributed by atoms with Crippen LogP contribution in [0.25, 0.3) is 21.9 Å². The lowest BCUT2D eigenvalue weighted by atomic mass is 10.1. The van der Waals surface area contributed by atoms with Crippen LogP contribution in [-0.2, 0) is 0 Å². The van der Waals surface area contributed by atoms with E-state index in [4.69, 9.17) is 4.42 Å². The minimum Gasteiger partial charge on any atom is -0.454 e. The van der Waals surface area contributed by atoms with Crippen LogP contribution >= 0.6 is 0 Å². The average Bonchev–Trinajstić information content (AvgIpc) is 2.93. The molecule has 0 radical (unpaired) electrons. The van der Waals surface area contributed by atoms with E-state index in [1.165, 1.54) is 22.2 Å². The van der Waals surface area contributed by atoms with Crippen LogP contribution < -0.4 is 4.90 Å². The van der Waals surface area contributed by atoms with Gasteiger partial charge in [0.25, 0.3) is 0 Å². The van der Waals surface area contributed by atoms with Crippen LogP contribution in [0.2, 0.25) is 0 Å². The van der Waals surface area contributed by atoms with E-state index in [0.717, 1.165) is 22.2 Å². The zero-order valence-corrected chi connectivity index (χ0v) is 13.6. The lowest BCUT2D eigenvalue weighted by molar-refractivity contribution is 0.668. The van der Waals surface area contributed by atoms with Crippen LogP contribution in [0.3, 0.4) is 0 Å². The molecule has 0 aliphatic rings. The van der Waals surface area contributed by atoms with Crippen molar-refractivity contribution < 1.29 is 4.42 Å². The lowest BCUT2D eigenvalue weighted by Crippen LogP contribution is -2.11. The second-order valence-corrected chi connectivity index (χ2v) is 6.10. The summed E-state index contributed by atoms with van der Waals surface area (Å²) in [5.74, 6) is 0. The molecular formula is C21H19NO. The van der Waals surface area contributed by atoms with E-state index in [1.54, 1.807) is 0 Å². The summed E-state index contributed by atoms with van der Waals surface area (Å²) in [6.45, 7) is 4.27. The first-order valence-corrected chi connectivity index (χ1v) is 7.86. The van der Waals surface area contributed by atoms with Crippen molar-refractivity contribution in [3.8, 4) is 0 Å². The Labute approximate surface area is 136 Å². The number of hydrogen-bond acceptors (Lipinski definition) is 2. The Bertz CT molecular complexity index is 1010. The SMILES string of the molecule is Cc1ccc(N(C)c2cccc3c2oc2ccccc23)c(C)c1. The Morgan fingerprint density at radius 1 is 0.783 bits per heavy atom. The second-order valence-electron chi connectivity index (χ2n) is 6.10. The largest absolute Gasteiger partial charge is 0.454 e. The highest BCUT2D eigenvalue weighted by Gasteiger charge is 2.15. The Hall–Kier alpha value is -2.74. The first kappa shape index (κ1) is 13.9. The van der Waals surface area contributed by atoms with Crippen molar-refractivity contribution >= 4 is 33.3 Å². The summed E-state index contributed by atoms with van der Waals surface area (Å²) in [7, 11) is 2.10. The van der Waals surface area contributed by atoms with Gasteiger partial charge in [-0.3, -0.25) is 0 Å². The fraction of sp³-hybridized carbons (Fsp3) is 0.143. The number of anilines is 2. The molecule has 0 amide bonds. The summed E-state index contributed by atoms with van der Waals surface area (Å²) >= 11 is 0. The highest BCUT2D eigenvalue weighted by Crippen LogP contribution is 2.37. The molecule has 2 nitrogen and oxygen atoms in total. The Balaban J connectivity index is 1.94. The maximum absolute atomic E-state index is 6.15. The van der Waals surface area contributed by atoms with E-state index in [9.17, 15) is 0 Å². The molecule has 0 atom stereocenters. The monoisotopic (exact) mass is 301 g/mol. The maximum atomic E-state index is 6.15. The predicted octanol–water partition coefficient (Wildman–Crippen LogP) is 5.97. The highest BCUT2D eigenvalue weighted by atomic mass is 16.3. The molecule has 1 heterocycles. The van der Waals surface area contributed by atoms with Gasteiger partial charge in [-0.15, -0.1) is 0 Å². The molecule has 4 aromatic rings. The van der Waals surface area contributed by atoms with Gasteiger partial charge in [-0.25, -0.2) is 0 Å². The summed E-state index contributed by atoms with van der Waals surface area (Å²) in [4.78, 5) is 2.21. The molecule has 23 heavy (non-hydrogen) atoms. The van der Waals surface area contributed by atoms with Crippen molar-refractivity contribution in [1.82, 2.24) is 0 Å². The van der Waals surface area contributed by atoms with Gasteiger partial charge in [0.15, 0.2) is 5.58 Å². The molecular weight excluding hydrogens is 282 g/mol. The molecule has 3 aromatic carbocycles. The molecule has 0 aliphatic heterocycles. The van der Waals surface area contributed by atoms with Crippen LogP contribution in [0.4, 0.5) is 11.4 Å². The van der Waals surface area contributed by atoms with Gasteiger partial charge in [0.2, 0.25) is 0 Å². The third kappa shape index (κ3) is 2.18. The molecule has 0 N–H and O–H groups in total. The van der Waals surface area contributed by atoms with Crippen LogP contribution in [0.1, 0.15) is 11.1 Å². The van der Waals surface area contributed by atoms with Gasteiger partial charge in [-0.1, -0.05) is 48.0 Å². The normalized spacial score (nSPS) is 11.3. The molecule has 0 aliphatic carbocycles. The third-order valence-electron chi connectivity index (χ3n) is 4.46. The van der Waals surface area contributed by atoms with Gasteiger partial charge in [0.05, 0.1) is 5.69 Å². The number of nitrogens with zero attached hydrogens (tertiary/aromatic N) is 1. The number of furan rings is 1. The van der Waals surface area contributed by atoms with Crippen molar-refractivity contribution in [3.63, 3.8) is 0 Å². The highest BCUT2D eigenvalue weighted by molar-refractivity contribution is 6.09. The Morgan fingerprint density at radius 3 is 2.39 bits per heavy atom. The molecule has 114 valence electrons. The molecule has 1 aromatic heterocycles. The summed E-state index contributed by atoms with van der Waals surface area (Å²) < 4.78 is 6.15. The van der Waals surface area contributed by atoms with Gasteiger partial charge in [-0.05, 0) is 37.6 Å². The van der Waals surface area contributed by atoms with Gasteiger partial charge in [0, 0.05) is 23.5 Å². The van der Waals surface area contributed by atoms with Crippen molar-refractivity contribution in [2.45, 2.75) is 13.8 Å². The number of para-hydroxylation sites is 2. The number of aryl methyl sites for hydroxylation is 2. The van der Waals surface area contributed by atoms with E-state index >= 15 is 0 Å². The van der Waals surface area contributed by atoms with E-state index in [1.807, 2.05) is 12.1 Å². The fourth-order valence-corrected chi connectivity index (χ4v) is 3.31. The lowest BCUT2D eigenvalue weighted by Gasteiger charge is -2.22. The zero-order chi connectivity index (χ0) is 16.0. The summed E-state index contributed by atoms with van der Waals surface area (Å²) in [5.41, 5.74) is 6.71. The molecule has 0 spiro atoms. The molecule has 4 rings (SSSR count). The smallest absolute Gasteiger partial charge is 0.159 e. The fourth-order valence-electron chi connectivity index (χ4n) is 3.31. The maximum Gasteiger partial charge on any atom is 0.159 e. The average molecular weight is 301 g/mol. The van der Waals surface area contributed by atoms with E-state index < -0.39 is 0 Å². The van der Waals surface area contributed by atoms with E-state index in [2.05, 4.69) is 74.3 Å². The molecule has 0 saturated carbocycles. The second kappa shape index (κ2) is 5.17. The Morgan fingerprint density at radius 2 is 1.57 bits per heavy atom. The van der Waals surface area contributed by atoms with E-state index in [0.29, 0.717) is 0 Å². The summed E-state index contributed by atoms with van der Waals surface area (Å²) in [6, 6.07) is 21.1. The van der Waals surface area contributed by atoms with Crippen molar-refractivity contribution in [3.05, 3.63) is 71.8 Å². The van der Waals surface area contributed by atoms with Gasteiger partial charge < -0.3 is 9.32 Å². The van der Waals surface area contributed by atoms with Crippen molar-refractivity contribution in [2.75, 3.05) is 11.9 Å². The quantitative estimate of drug-likeness (QED) is 0.453. The van der Waals surface area contributed by atoms with Gasteiger partial charge >= 0.3 is 0 Å². The van der Waals surface area contributed by atoms with Gasteiger partial charge in [-0.2, -0.15) is 0 Å². The molecule has 0 fully saturated rings. The van der Waals surface area contributed by atoms with Crippen molar-refractivity contribution in [2.24, 2.45) is 0 Å². The summed E-state index contributed by atoms with van der Waals surface area (Å²) in [6.07, 6.45) is 0. The standard InChI is InChI=1S/C21H19NO/c1-14-11-12-18(15(2)13-14)22(3)19-9-6-8-17-16-7-4-5-10-20(16)23-21(17)19/h4-13H,1-3H3. The molecule has 0 unspecified atom stereocenters. The minimum absolute atomic E-state index is 0.934. The Kier molecular flexibility index (Phi) is 3.12.